The monoisotopic (exact) mass is 400 g/mol. The van der Waals surface area contributed by atoms with Crippen molar-refractivity contribution in [3.8, 4) is 5.69 Å². The molecular formula is C14H5Cl2F3N6O. The Morgan fingerprint density at radius 3 is 2.54 bits per heavy atom. The van der Waals surface area contributed by atoms with Gasteiger partial charge in [-0.2, -0.15) is 22.7 Å². The summed E-state index contributed by atoms with van der Waals surface area (Å²) in [6.45, 7) is 0. The Bertz CT molecular complexity index is 1230. The van der Waals surface area contributed by atoms with Gasteiger partial charge in [-0.15, -0.1) is 15.3 Å². The molecule has 0 saturated carbocycles. The Morgan fingerprint density at radius 1 is 1.08 bits per heavy atom. The molecule has 1 aromatic carbocycles. The maximum atomic E-state index is 12.8. The Balaban J connectivity index is 1.99. The SMILES string of the molecule is O=c1c2nnc3nc(C(F)(F)F)nn3c2ccn1-c1ccc(Cl)cc1Cl. The van der Waals surface area contributed by atoms with E-state index < -0.39 is 17.6 Å². The normalized spacial score (nSPS) is 12.2. The molecule has 0 saturated heterocycles. The molecule has 0 fully saturated rings. The molecule has 0 aliphatic carbocycles. The molecule has 3 aromatic heterocycles. The highest BCUT2D eigenvalue weighted by molar-refractivity contribution is 6.35. The highest BCUT2D eigenvalue weighted by Crippen LogP contribution is 2.27. The Morgan fingerprint density at radius 2 is 1.85 bits per heavy atom. The Labute approximate surface area is 151 Å². The van der Waals surface area contributed by atoms with Gasteiger partial charge in [0.2, 0.25) is 0 Å². The average molecular weight is 401 g/mol. The molecule has 3 heterocycles. The first-order valence-corrected chi connectivity index (χ1v) is 7.69. The van der Waals surface area contributed by atoms with Gasteiger partial charge in [0.25, 0.3) is 17.2 Å². The van der Waals surface area contributed by atoms with E-state index in [0.717, 1.165) is 4.52 Å². The molecule has 0 unspecified atom stereocenters. The largest absolute Gasteiger partial charge is 0.453 e. The van der Waals surface area contributed by atoms with Crippen LogP contribution in [0.5, 0.6) is 0 Å². The van der Waals surface area contributed by atoms with Gasteiger partial charge in [0.05, 0.1) is 10.7 Å². The van der Waals surface area contributed by atoms with Gasteiger partial charge in [0.15, 0.2) is 5.52 Å². The number of benzene rings is 1. The van der Waals surface area contributed by atoms with Crippen molar-refractivity contribution < 1.29 is 13.2 Å². The van der Waals surface area contributed by atoms with E-state index in [1.165, 1.54) is 29.0 Å². The molecule has 0 radical (unpaired) electrons. The maximum absolute atomic E-state index is 12.8. The van der Waals surface area contributed by atoms with Crippen LogP contribution in [0.2, 0.25) is 10.0 Å². The van der Waals surface area contributed by atoms with Gasteiger partial charge in [0, 0.05) is 11.2 Å². The van der Waals surface area contributed by atoms with Gasteiger partial charge in [-0.3, -0.25) is 9.36 Å². The molecule has 132 valence electrons. The molecule has 0 N–H and O–H groups in total. The molecule has 12 heteroatoms. The fourth-order valence-electron chi connectivity index (χ4n) is 2.39. The van der Waals surface area contributed by atoms with Crippen LogP contribution in [-0.4, -0.2) is 29.4 Å². The van der Waals surface area contributed by atoms with Crippen molar-refractivity contribution in [2.45, 2.75) is 6.18 Å². The quantitative estimate of drug-likeness (QED) is 0.490. The summed E-state index contributed by atoms with van der Waals surface area (Å²) in [5.41, 5.74) is -0.460. The maximum Gasteiger partial charge on any atom is 0.453 e. The smallest absolute Gasteiger partial charge is 0.281 e. The molecule has 4 rings (SSSR count). The van der Waals surface area contributed by atoms with Crippen LogP contribution >= 0.6 is 23.2 Å². The topological polar surface area (TPSA) is 78.0 Å². The molecule has 7 nitrogen and oxygen atoms in total. The third kappa shape index (κ3) is 2.58. The zero-order valence-corrected chi connectivity index (χ0v) is 13.9. The third-order valence-corrected chi connectivity index (χ3v) is 4.06. The van der Waals surface area contributed by atoms with E-state index in [2.05, 4.69) is 20.3 Å². The highest BCUT2D eigenvalue weighted by Gasteiger charge is 2.36. The van der Waals surface area contributed by atoms with Crippen molar-refractivity contribution >= 4 is 40.0 Å². The highest BCUT2D eigenvalue weighted by atomic mass is 35.5. The summed E-state index contributed by atoms with van der Waals surface area (Å²) in [6, 6.07) is 5.90. The molecule has 0 bridgehead atoms. The average Bonchev–Trinajstić information content (AvgIpc) is 3.01. The van der Waals surface area contributed by atoms with Crippen molar-refractivity contribution in [1.29, 1.82) is 0 Å². The number of fused-ring (bicyclic) bond motifs is 3. The second-order valence-electron chi connectivity index (χ2n) is 5.17. The van der Waals surface area contributed by atoms with Gasteiger partial charge in [0.1, 0.15) is 5.52 Å². The van der Waals surface area contributed by atoms with E-state index in [9.17, 15) is 18.0 Å². The van der Waals surface area contributed by atoms with E-state index in [4.69, 9.17) is 23.2 Å². The van der Waals surface area contributed by atoms with E-state index in [-0.39, 0.29) is 21.8 Å². The van der Waals surface area contributed by atoms with Crippen molar-refractivity contribution in [3.05, 3.63) is 56.7 Å². The van der Waals surface area contributed by atoms with E-state index in [1.54, 1.807) is 6.07 Å². The van der Waals surface area contributed by atoms with Crippen LogP contribution in [-0.2, 0) is 6.18 Å². The number of rotatable bonds is 1. The molecule has 0 spiro atoms. The lowest BCUT2D eigenvalue weighted by molar-refractivity contribution is -0.144. The summed E-state index contributed by atoms with van der Waals surface area (Å²) in [4.78, 5) is 16.0. The summed E-state index contributed by atoms with van der Waals surface area (Å²) in [7, 11) is 0. The molecule has 0 aliphatic rings. The van der Waals surface area contributed by atoms with Crippen molar-refractivity contribution in [1.82, 2.24) is 29.4 Å². The van der Waals surface area contributed by atoms with Gasteiger partial charge in [-0.05, 0) is 24.3 Å². The molecule has 0 aliphatic heterocycles. The van der Waals surface area contributed by atoms with Crippen molar-refractivity contribution in [2.24, 2.45) is 0 Å². The standard InChI is InChI=1S/C14H5Cl2F3N6O/c15-6-1-2-8(7(16)5-6)24-4-3-9-10(11(24)26)21-22-13-20-12(14(17,18)19)23-25(9)13/h1-5H. The van der Waals surface area contributed by atoms with Gasteiger partial charge < -0.3 is 0 Å². The number of alkyl halides is 3. The number of halogens is 5. The van der Waals surface area contributed by atoms with Crippen LogP contribution < -0.4 is 5.56 Å². The predicted molar refractivity (Wildman–Crippen MR) is 86.7 cm³/mol. The van der Waals surface area contributed by atoms with Crippen LogP contribution in [0.4, 0.5) is 13.2 Å². The molecule has 26 heavy (non-hydrogen) atoms. The first-order valence-electron chi connectivity index (χ1n) is 6.93. The summed E-state index contributed by atoms with van der Waals surface area (Å²) in [6.07, 6.45) is -3.40. The minimum absolute atomic E-state index is 0.0318. The van der Waals surface area contributed by atoms with Crippen molar-refractivity contribution in [2.75, 3.05) is 0 Å². The lowest BCUT2D eigenvalue weighted by Crippen LogP contribution is -2.20. The first kappa shape index (κ1) is 16.7. The third-order valence-electron chi connectivity index (χ3n) is 3.53. The molecule has 0 amide bonds. The second kappa shape index (κ2) is 5.64. The van der Waals surface area contributed by atoms with E-state index in [0.29, 0.717) is 10.7 Å². The first-order chi connectivity index (χ1) is 12.3. The zero-order chi connectivity index (χ0) is 18.6. The Hall–Kier alpha value is -2.72. The van der Waals surface area contributed by atoms with Crippen LogP contribution in [0.1, 0.15) is 5.82 Å². The number of hydrogen-bond donors (Lipinski definition) is 0. The summed E-state index contributed by atoms with van der Waals surface area (Å²) >= 11 is 11.9. The number of aromatic nitrogens is 6. The van der Waals surface area contributed by atoms with E-state index in [1.807, 2.05) is 0 Å². The molecule has 4 aromatic rings. The zero-order valence-electron chi connectivity index (χ0n) is 12.4. The minimum atomic E-state index is -4.74. The van der Waals surface area contributed by atoms with Gasteiger partial charge >= 0.3 is 6.18 Å². The summed E-state index contributed by atoms with van der Waals surface area (Å²) in [5.74, 6) is -1.74. The summed E-state index contributed by atoms with van der Waals surface area (Å²) in [5, 5.41) is 11.2. The predicted octanol–water partition coefficient (Wildman–Crippen LogP) is 3.15. The number of pyridine rings is 1. The molecular weight excluding hydrogens is 396 g/mol. The van der Waals surface area contributed by atoms with Gasteiger partial charge in [-0.25, -0.2) is 0 Å². The van der Waals surface area contributed by atoms with Crippen LogP contribution in [0, 0.1) is 0 Å². The van der Waals surface area contributed by atoms with Crippen LogP contribution in [0.15, 0.2) is 35.3 Å². The van der Waals surface area contributed by atoms with Crippen LogP contribution in [0.25, 0.3) is 22.5 Å². The number of hydrogen-bond acceptors (Lipinski definition) is 5. The lowest BCUT2D eigenvalue weighted by atomic mass is 10.3. The van der Waals surface area contributed by atoms with Crippen molar-refractivity contribution in [3.63, 3.8) is 0 Å². The Kier molecular flexibility index (Phi) is 3.63. The number of nitrogens with zero attached hydrogens (tertiary/aromatic N) is 6. The van der Waals surface area contributed by atoms with E-state index >= 15 is 0 Å². The van der Waals surface area contributed by atoms with Gasteiger partial charge in [-0.1, -0.05) is 23.2 Å². The lowest BCUT2D eigenvalue weighted by Gasteiger charge is -2.09. The summed E-state index contributed by atoms with van der Waals surface area (Å²) < 4.78 is 40.4. The second-order valence-corrected chi connectivity index (χ2v) is 6.01. The van der Waals surface area contributed by atoms with Crippen LogP contribution in [0.3, 0.4) is 0 Å². The minimum Gasteiger partial charge on any atom is -0.281 e. The fraction of sp³-hybridized carbons (Fsp3) is 0.0714. The molecule has 0 atom stereocenters. The fourth-order valence-corrected chi connectivity index (χ4v) is 2.89.